The molecule has 0 unspecified atom stereocenters. The molecular formula is C16H20N4O2. The highest BCUT2D eigenvalue weighted by atomic mass is 16.5. The number of carbonyl (C=O) groups excluding carboxylic acids is 1. The number of ether oxygens (including phenoxy) is 1. The maximum absolute atomic E-state index is 12.9. The van der Waals surface area contributed by atoms with Crippen LogP contribution >= 0.6 is 0 Å². The molecule has 1 saturated heterocycles. The molecule has 1 aromatic carbocycles. The normalized spacial score (nSPS) is 18.3. The first-order valence-corrected chi connectivity index (χ1v) is 7.35. The Bertz CT molecular complexity index is 668. The molecular weight excluding hydrogens is 280 g/mol. The van der Waals surface area contributed by atoms with E-state index in [0.717, 1.165) is 17.9 Å². The number of rotatable bonds is 3. The van der Waals surface area contributed by atoms with Gasteiger partial charge in [0.25, 0.3) is 5.91 Å². The fourth-order valence-corrected chi connectivity index (χ4v) is 2.90. The van der Waals surface area contributed by atoms with Crippen molar-refractivity contribution in [3.63, 3.8) is 0 Å². The van der Waals surface area contributed by atoms with Crippen molar-refractivity contribution in [3.05, 3.63) is 47.8 Å². The largest absolute Gasteiger partial charge is 0.496 e. The van der Waals surface area contributed by atoms with Gasteiger partial charge in [-0.3, -0.25) is 9.48 Å². The highest BCUT2D eigenvalue weighted by molar-refractivity contribution is 5.93. The zero-order valence-corrected chi connectivity index (χ0v) is 12.8. The van der Waals surface area contributed by atoms with Gasteiger partial charge < -0.3 is 15.0 Å². The van der Waals surface area contributed by atoms with Crippen molar-refractivity contribution >= 4 is 5.91 Å². The monoisotopic (exact) mass is 300 g/mol. The van der Waals surface area contributed by atoms with Gasteiger partial charge in [-0.15, -0.1) is 0 Å². The van der Waals surface area contributed by atoms with Crippen molar-refractivity contribution in [1.29, 1.82) is 0 Å². The van der Waals surface area contributed by atoms with Gasteiger partial charge in [-0.25, -0.2) is 0 Å². The van der Waals surface area contributed by atoms with Crippen molar-refractivity contribution in [1.82, 2.24) is 20.0 Å². The Kier molecular flexibility index (Phi) is 4.11. The molecule has 1 aliphatic heterocycles. The first kappa shape index (κ1) is 14.6. The van der Waals surface area contributed by atoms with Gasteiger partial charge >= 0.3 is 0 Å². The van der Waals surface area contributed by atoms with Crippen molar-refractivity contribution in [2.24, 2.45) is 7.05 Å². The van der Waals surface area contributed by atoms with Crippen LogP contribution in [-0.2, 0) is 7.05 Å². The Morgan fingerprint density at radius 3 is 2.91 bits per heavy atom. The van der Waals surface area contributed by atoms with E-state index in [1.807, 2.05) is 29.2 Å². The smallest absolute Gasteiger partial charge is 0.272 e. The van der Waals surface area contributed by atoms with Gasteiger partial charge in [0.1, 0.15) is 11.4 Å². The highest BCUT2D eigenvalue weighted by Crippen LogP contribution is 2.30. The third kappa shape index (κ3) is 2.57. The average molecular weight is 300 g/mol. The molecule has 1 fully saturated rings. The molecule has 1 aliphatic rings. The van der Waals surface area contributed by atoms with Gasteiger partial charge in [0.2, 0.25) is 0 Å². The van der Waals surface area contributed by atoms with E-state index in [9.17, 15) is 4.79 Å². The summed E-state index contributed by atoms with van der Waals surface area (Å²) in [6, 6.07) is 9.55. The fourth-order valence-electron chi connectivity index (χ4n) is 2.90. The van der Waals surface area contributed by atoms with Crippen LogP contribution in [0.3, 0.4) is 0 Å². The molecule has 6 nitrogen and oxygen atoms in total. The molecule has 2 aromatic rings. The van der Waals surface area contributed by atoms with Crippen LogP contribution < -0.4 is 10.1 Å². The lowest BCUT2D eigenvalue weighted by atomic mass is 10.0. The quantitative estimate of drug-likeness (QED) is 0.926. The Labute approximate surface area is 129 Å². The first-order valence-electron chi connectivity index (χ1n) is 7.35. The summed E-state index contributed by atoms with van der Waals surface area (Å²) in [4.78, 5) is 14.8. The van der Waals surface area contributed by atoms with Crippen LogP contribution in [0.15, 0.2) is 36.5 Å². The number of hydrogen-bond acceptors (Lipinski definition) is 4. The second kappa shape index (κ2) is 6.19. The second-order valence-electron chi connectivity index (χ2n) is 5.30. The summed E-state index contributed by atoms with van der Waals surface area (Å²) < 4.78 is 7.07. The number of amides is 1. The molecule has 22 heavy (non-hydrogen) atoms. The number of nitrogens with zero attached hydrogens (tertiary/aromatic N) is 3. The van der Waals surface area contributed by atoms with Gasteiger partial charge in [0.05, 0.1) is 13.2 Å². The summed E-state index contributed by atoms with van der Waals surface area (Å²) in [5.74, 6) is 0.802. The second-order valence-corrected chi connectivity index (χ2v) is 5.30. The molecule has 0 saturated carbocycles. The number of aryl methyl sites for hydroxylation is 1. The van der Waals surface area contributed by atoms with Crippen molar-refractivity contribution in [2.45, 2.75) is 6.04 Å². The molecule has 3 rings (SSSR count). The van der Waals surface area contributed by atoms with Crippen molar-refractivity contribution in [2.75, 3.05) is 26.7 Å². The molecule has 0 radical (unpaired) electrons. The number of benzene rings is 1. The summed E-state index contributed by atoms with van der Waals surface area (Å²) >= 11 is 0. The Hall–Kier alpha value is -2.34. The van der Waals surface area contributed by atoms with E-state index in [1.165, 1.54) is 0 Å². The lowest BCUT2D eigenvalue weighted by molar-refractivity contribution is 0.0620. The zero-order chi connectivity index (χ0) is 15.5. The van der Waals surface area contributed by atoms with Crippen molar-refractivity contribution < 1.29 is 9.53 Å². The average Bonchev–Trinajstić information content (AvgIpc) is 3.00. The van der Waals surface area contributed by atoms with Gasteiger partial charge in [-0.1, -0.05) is 18.2 Å². The summed E-state index contributed by atoms with van der Waals surface area (Å²) in [6.07, 6.45) is 1.65. The van der Waals surface area contributed by atoms with Gasteiger partial charge in [-0.2, -0.15) is 5.10 Å². The van der Waals surface area contributed by atoms with Gasteiger partial charge in [0.15, 0.2) is 0 Å². The summed E-state index contributed by atoms with van der Waals surface area (Å²) in [7, 11) is 3.44. The molecule has 0 spiro atoms. The topological polar surface area (TPSA) is 59.4 Å². The maximum Gasteiger partial charge on any atom is 0.272 e. The Balaban J connectivity index is 1.95. The predicted molar refractivity (Wildman–Crippen MR) is 82.8 cm³/mol. The van der Waals surface area contributed by atoms with Crippen LogP contribution in [0, 0.1) is 0 Å². The maximum atomic E-state index is 12.9. The number of para-hydroxylation sites is 1. The standard InChI is InChI=1S/C16H20N4O2/c1-19-13(7-8-18-19)16(21)20-10-9-17-11-14(20)12-5-3-4-6-15(12)22-2/h3-8,14,17H,9-11H2,1-2H3/t14-/m0/s1. The minimum Gasteiger partial charge on any atom is -0.496 e. The van der Waals surface area contributed by atoms with Crippen LogP contribution in [0.5, 0.6) is 5.75 Å². The summed E-state index contributed by atoms with van der Waals surface area (Å²) in [6.45, 7) is 2.16. The van der Waals surface area contributed by atoms with E-state index >= 15 is 0 Å². The molecule has 2 heterocycles. The number of methoxy groups -OCH3 is 1. The van der Waals surface area contributed by atoms with E-state index in [4.69, 9.17) is 4.74 Å². The summed E-state index contributed by atoms with van der Waals surface area (Å²) in [5, 5.41) is 7.45. The van der Waals surface area contributed by atoms with Crippen LogP contribution in [0.1, 0.15) is 22.1 Å². The Morgan fingerprint density at radius 2 is 2.18 bits per heavy atom. The van der Waals surface area contributed by atoms with Crippen LogP contribution in [0.25, 0.3) is 0 Å². The van der Waals surface area contributed by atoms with Gasteiger partial charge in [-0.05, 0) is 12.1 Å². The summed E-state index contributed by atoms with van der Waals surface area (Å²) in [5.41, 5.74) is 1.62. The van der Waals surface area contributed by atoms with E-state index < -0.39 is 0 Å². The third-order valence-corrected chi connectivity index (χ3v) is 4.04. The number of piperazine rings is 1. The minimum atomic E-state index is -0.0488. The third-order valence-electron chi connectivity index (χ3n) is 4.04. The molecule has 1 atom stereocenters. The SMILES string of the molecule is COc1ccccc1[C@@H]1CNCCN1C(=O)c1ccnn1C. The van der Waals surface area contributed by atoms with Crippen LogP contribution in [-0.4, -0.2) is 47.3 Å². The first-order chi connectivity index (χ1) is 10.7. The van der Waals surface area contributed by atoms with E-state index in [0.29, 0.717) is 18.8 Å². The number of carbonyl (C=O) groups is 1. The van der Waals surface area contributed by atoms with Gasteiger partial charge in [0, 0.05) is 38.4 Å². The lowest BCUT2D eigenvalue weighted by Gasteiger charge is -2.37. The minimum absolute atomic E-state index is 0.00240. The molecule has 1 N–H and O–H groups in total. The highest BCUT2D eigenvalue weighted by Gasteiger charge is 2.31. The van der Waals surface area contributed by atoms with Crippen LogP contribution in [0.2, 0.25) is 0 Å². The predicted octanol–water partition coefficient (Wildman–Crippen LogP) is 1.22. The molecule has 0 bridgehead atoms. The lowest BCUT2D eigenvalue weighted by Crippen LogP contribution is -2.49. The van der Waals surface area contributed by atoms with E-state index in [2.05, 4.69) is 10.4 Å². The molecule has 1 amide bonds. The molecule has 6 heteroatoms. The fraction of sp³-hybridized carbons (Fsp3) is 0.375. The molecule has 1 aromatic heterocycles. The number of aromatic nitrogens is 2. The number of hydrogen-bond donors (Lipinski definition) is 1. The van der Waals surface area contributed by atoms with E-state index in [1.54, 1.807) is 31.1 Å². The number of nitrogens with one attached hydrogen (secondary N) is 1. The molecule has 116 valence electrons. The Morgan fingerprint density at radius 1 is 1.36 bits per heavy atom. The zero-order valence-electron chi connectivity index (χ0n) is 12.8. The molecule has 0 aliphatic carbocycles. The van der Waals surface area contributed by atoms with Crippen molar-refractivity contribution in [3.8, 4) is 5.75 Å². The van der Waals surface area contributed by atoms with E-state index in [-0.39, 0.29) is 11.9 Å². The van der Waals surface area contributed by atoms with Crippen LogP contribution in [0.4, 0.5) is 0 Å².